The molecule has 0 radical (unpaired) electrons. The van der Waals surface area contributed by atoms with Gasteiger partial charge in [-0.3, -0.25) is 14.4 Å². The van der Waals surface area contributed by atoms with Gasteiger partial charge in [0.25, 0.3) is 5.91 Å². The molecule has 1 spiro atoms. The van der Waals surface area contributed by atoms with Gasteiger partial charge in [0.15, 0.2) is 0 Å². The van der Waals surface area contributed by atoms with Crippen LogP contribution in [0, 0.1) is 25.7 Å². The van der Waals surface area contributed by atoms with Gasteiger partial charge in [-0.25, -0.2) is 0 Å². The van der Waals surface area contributed by atoms with Crippen LogP contribution in [0.5, 0.6) is 0 Å². The van der Waals surface area contributed by atoms with Crippen LogP contribution >= 0.6 is 0 Å². The molecule has 1 aromatic carbocycles. The molecule has 0 saturated carbocycles. The highest BCUT2D eigenvalue weighted by molar-refractivity contribution is 6.05. The third kappa shape index (κ3) is 4.18. The number of aliphatic hydroxyl groups is 1. The number of nitrogens with zero attached hydrogens (tertiary/aromatic N) is 2. The molecule has 1 N–H and O–H groups in total. The number of likely N-dealkylation sites (tertiary alicyclic amines) is 1. The van der Waals surface area contributed by atoms with Gasteiger partial charge in [-0.15, -0.1) is 13.2 Å². The highest BCUT2D eigenvalue weighted by Crippen LogP contribution is 2.64. The van der Waals surface area contributed by atoms with Gasteiger partial charge >= 0.3 is 5.97 Å². The number of para-hydroxylation sites is 1. The van der Waals surface area contributed by atoms with E-state index >= 15 is 0 Å². The summed E-state index contributed by atoms with van der Waals surface area (Å²) in [4.78, 5) is 45.4. The fourth-order valence-corrected chi connectivity index (χ4v) is 6.94. The largest absolute Gasteiger partial charge is 0.465 e. The van der Waals surface area contributed by atoms with E-state index in [0.29, 0.717) is 25.7 Å². The lowest BCUT2D eigenvalue weighted by molar-refractivity contribution is -0.160. The molecule has 2 amide bonds. The Hall–Kier alpha value is -2.97. The van der Waals surface area contributed by atoms with Gasteiger partial charge in [-0.05, 0) is 57.6 Å². The molecule has 3 fully saturated rings. The van der Waals surface area contributed by atoms with Crippen LogP contribution in [-0.4, -0.2) is 70.8 Å². The molecule has 2 bridgehead atoms. The van der Waals surface area contributed by atoms with Gasteiger partial charge in [0.05, 0.1) is 30.8 Å². The molecule has 1 aromatic rings. The zero-order valence-corrected chi connectivity index (χ0v) is 22.9. The first-order chi connectivity index (χ1) is 18.1. The topological polar surface area (TPSA) is 96.4 Å². The smallest absolute Gasteiger partial charge is 0.312 e. The van der Waals surface area contributed by atoms with Crippen LogP contribution in [0.25, 0.3) is 0 Å². The first-order valence-corrected chi connectivity index (χ1v) is 13.5. The minimum absolute atomic E-state index is 0.169. The van der Waals surface area contributed by atoms with E-state index in [1.54, 1.807) is 17.1 Å². The van der Waals surface area contributed by atoms with Crippen molar-refractivity contribution in [3.63, 3.8) is 0 Å². The van der Waals surface area contributed by atoms with Crippen molar-refractivity contribution in [3.8, 4) is 0 Å². The van der Waals surface area contributed by atoms with Crippen molar-refractivity contribution >= 4 is 23.5 Å². The summed E-state index contributed by atoms with van der Waals surface area (Å²) in [5.74, 6) is -2.82. The molecule has 8 heteroatoms. The van der Waals surface area contributed by atoms with Gasteiger partial charge < -0.3 is 24.4 Å². The molecule has 2 unspecified atom stereocenters. The maximum Gasteiger partial charge on any atom is 0.312 e. The number of carbonyl (C=O) groups is 3. The second-order valence-corrected chi connectivity index (χ2v) is 10.9. The van der Waals surface area contributed by atoms with Crippen molar-refractivity contribution in [2.45, 2.75) is 76.7 Å². The van der Waals surface area contributed by atoms with Crippen molar-refractivity contribution in [2.24, 2.45) is 11.8 Å². The number of fused-ring (bicyclic) bond motifs is 1. The summed E-state index contributed by atoms with van der Waals surface area (Å²) in [7, 11) is 0. The number of amides is 2. The van der Waals surface area contributed by atoms with Crippen LogP contribution in [0.3, 0.4) is 0 Å². The van der Waals surface area contributed by atoms with Crippen LogP contribution in [0.1, 0.15) is 50.7 Å². The van der Waals surface area contributed by atoms with Crippen LogP contribution in [-0.2, 0) is 23.9 Å². The molecule has 3 aliphatic heterocycles. The number of carbonyl (C=O) groups excluding carboxylic acids is 3. The molecule has 38 heavy (non-hydrogen) atoms. The summed E-state index contributed by atoms with van der Waals surface area (Å²) in [6, 6.07) is 4.24. The predicted molar refractivity (Wildman–Crippen MR) is 144 cm³/mol. The van der Waals surface area contributed by atoms with Gasteiger partial charge in [-0.2, -0.15) is 0 Å². The molecule has 3 saturated heterocycles. The molecule has 8 nitrogen and oxygen atoms in total. The third-order valence-electron chi connectivity index (χ3n) is 8.63. The molecular formula is C30H40N2O6. The molecule has 3 heterocycles. The Morgan fingerprint density at radius 1 is 1.26 bits per heavy atom. The fraction of sp³-hybridized carbons (Fsp3) is 0.567. The zero-order chi connectivity index (χ0) is 27.8. The van der Waals surface area contributed by atoms with Crippen molar-refractivity contribution in [1.29, 1.82) is 0 Å². The second-order valence-electron chi connectivity index (χ2n) is 10.9. The highest BCUT2D eigenvalue weighted by Gasteiger charge is 2.79. The number of benzene rings is 1. The molecule has 6 atom stereocenters. The predicted octanol–water partition coefficient (Wildman–Crippen LogP) is 3.48. The zero-order valence-electron chi connectivity index (χ0n) is 22.9. The molecular weight excluding hydrogens is 484 g/mol. The molecule has 0 aromatic heterocycles. The van der Waals surface area contributed by atoms with E-state index in [1.165, 1.54) is 4.90 Å². The van der Waals surface area contributed by atoms with E-state index in [4.69, 9.17) is 9.47 Å². The van der Waals surface area contributed by atoms with Crippen LogP contribution in [0.15, 0.2) is 43.5 Å². The number of hydrogen-bond donors (Lipinski definition) is 1. The van der Waals surface area contributed by atoms with Crippen molar-refractivity contribution in [1.82, 2.24) is 4.90 Å². The van der Waals surface area contributed by atoms with E-state index in [-0.39, 0.29) is 31.6 Å². The van der Waals surface area contributed by atoms with Crippen LogP contribution in [0.2, 0.25) is 0 Å². The van der Waals surface area contributed by atoms with Crippen molar-refractivity contribution in [2.75, 3.05) is 24.7 Å². The lowest BCUT2D eigenvalue weighted by Crippen LogP contribution is -2.59. The molecule has 0 aliphatic carbocycles. The average molecular weight is 525 g/mol. The van der Waals surface area contributed by atoms with Crippen LogP contribution < -0.4 is 4.90 Å². The van der Waals surface area contributed by atoms with Gasteiger partial charge in [0.2, 0.25) is 5.91 Å². The number of aliphatic hydroxyl groups excluding tert-OH is 1. The summed E-state index contributed by atoms with van der Waals surface area (Å²) in [5.41, 5.74) is 0.502. The van der Waals surface area contributed by atoms with E-state index in [1.807, 2.05) is 45.9 Å². The summed E-state index contributed by atoms with van der Waals surface area (Å²) >= 11 is 0. The minimum Gasteiger partial charge on any atom is -0.465 e. The van der Waals surface area contributed by atoms with E-state index in [2.05, 4.69) is 13.2 Å². The molecule has 3 aliphatic rings. The van der Waals surface area contributed by atoms with E-state index in [9.17, 15) is 19.5 Å². The van der Waals surface area contributed by atoms with Crippen molar-refractivity contribution in [3.05, 3.63) is 54.6 Å². The molecule has 4 rings (SSSR count). The minimum atomic E-state index is -1.19. The summed E-state index contributed by atoms with van der Waals surface area (Å²) in [5, 5.41) is 10.3. The standard InChI is InChI=1S/C30H40N2O6/c1-7-10-17-37-28(36)23-22-26(34)32(21(9-3)18-33)25(30(22)15-14-29(23,6)38-30)27(35)31(16-8-2)24-19(4)12-11-13-20(24)5/h7-8,11-13,21-23,25,33H,1-2,9-10,14-18H2,3-6H3/t21-,22-,23+,25?,29-,30?/m0/s1. The van der Waals surface area contributed by atoms with E-state index < -0.39 is 41.1 Å². The second kappa shape index (κ2) is 10.7. The number of esters is 1. The lowest BCUT2D eigenvalue weighted by atomic mass is 9.66. The summed E-state index contributed by atoms with van der Waals surface area (Å²) in [6.07, 6.45) is 5.26. The lowest BCUT2D eigenvalue weighted by Gasteiger charge is -2.39. The Bertz CT molecular complexity index is 1110. The van der Waals surface area contributed by atoms with E-state index in [0.717, 1.165) is 16.8 Å². The fourth-order valence-electron chi connectivity index (χ4n) is 6.94. The Labute approximate surface area is 225 Å². The summed E-state index contributed by atoms with van der Waals surface area (Å²) in [6.45, 7) is 15.3. The van der Waals surface area contributed by atoms with Gasteiger partial charge in [0.1, 0.15) is 17.6 Å². The Kier molecular flexibility index (Phi) is 7.86. The third-order valence-corrected chi connectivity index (χ3v) is 8.63. The maximum absolute atomic E-state index is 14.6. The first-order valence-electron chi connectivity index (χ1n) is 13.5. The number of hydrogen-bond acceptors (Lipinski definition) is 6. The van der Waals surface area contributed by atoms with Gasteiger partial charge in [-0.1, -0.05) is 37.3 Å². The quantitative estimate of drug-likeness (QED) is 0.271. The Balaban J connectivity index is 1.83. The summed E-state index contributed by atoms with van der Waals surface area (Å²) < 4.78 is 12.2. The van der Waals surface area contributed by atoms with Crippen LogP contribution in [0.4, 0.5) is 5.69 Å². The number of ether oxygens (including phenoxy) is 2. The normalized spacial score (nSPS) is 30.2. The first kappa shape index (κ1) is 28.0. The number of rotatable bonds is 11. The highest BCUT2D eigenvalue weighted by atomic mass is 16.6. The number of aryl methyl sites for hydroxylation is 2. The Morgan fingerprint density at radius 3 is 2.53 bits per heavy atom. The Morgan fingerprint density at radius 2 is 1.95 bits per heavy atom. The molecule has 206 valence electrons. The monoisotopic (exact) mass is 524 g/mol. The van der Waals surface area contributed by atoms with Gasteiger partial charge in [0, 0.05) is 12.2 Å². The van der Waals surface area contributed by atoms with Crippen molar-refractivity contribution < 1.29 is 29.0 Å². The number of anilines is 1. The SMILES string of the molecule is C=CCCOC(=O)[C@H]1[C@H]2C(=O)N([C@@H](CC)CO)C(C(=O)N(CC=C)c3c(C)cccc3C)C23CC[C@]1(C)O3. The maximum atomic E-state index is 14.6. The average Bonchev–Trinajstić information content (AvgIpc) is 3.45.